The van der Waals surface area contributed by atoms with Crippen LogP contribution >= 0.6 is 11.7 Å². The molecule has 3 aromatic carbocycles. The third-order valence-electron chi connectivity index (χ3n) is 7.47. The van der Waals surface area contributed by atoms with E-state index in [0.717, 1.165) is 64.9 Å². The van der Waals surface area contributed by atoms with Crippen molar-refractivity contribution >= 4 is 39.6 Å². The van der Waals surface area contributed by atoms with Crippen molar-refractivity contribution in [3.05, 3.63) is 59.8 Å². The van der Waals surface area contributed by atoms with Crippen LogP contribution < -0.4 is 18.9 Å². The number of aromatic nitrogens is 3. The Balaban J connectivity index is 1.46. The van der Waals surface area contributed by atoms with Gasteiger partial charge in [0.05, 0.1) is 30.5 Å². The number of carbonyl (C=O) groups is 1. The normalized spacial score (nSPS) is 14.9. The van der Waals surface area contributed by atoms with E-state index in [9.17, 15) is 9.90 Å². The Bertz CT molecular complexity index is 1740. The van der Waals surface area contributed by atoms with Gasteiger partial charge in [0.25, 0.3) is 0 Å². The van der Waals surface area contributed by atoms with Crippen LogP contribution in [0.4, 0.5) is 0 Å². The maximum atomic E-state index is 12.9. The summed E-state index contributed by atoms with van der Waals surface area (Å²) < 4.78 is 33.7. The smallest absolute Gasteiger partial charge is 0.353 e. The molecular formula is C29H25N3O6S. The number of benzene rings is 3. The van der Waals surface area contributed by atoms with Crippen molar-refractivity contribution in [2.45, 2.75) is 38.3 Å². The van der Waals surface area contributed by atoms with Crippen LogP contribution in [0.1, 0.15) is 41.7 Å². The lowest BCUT2D eigenvalue weighted by Crippen LogP contribution is -2.12. The van der Waals surface area contributed by atoms with E-state index >= 15 is 0 Å². The van der Waals surface area contributed by atoms with Crippen LogP contribution in [0.5, 0.6) is 23.0 Å². The molecule has 0 saturated heterocycles. The molecule has 2 aromatic heterocycles. The highest BCUT2D eigenvalue weighted by molar-refractivity contribution is 7.00. The highest BCUT2D eigenvalue weighted by Gasteiger charge is 2.28. The lowest BCUT2D eigenvalue weighted by Gasteiger charge is -2.17. The fraction of sp³-hybridized carbons (Fsp3) is 0.276. The lowest BCUT2D eigenvalue weighted by molar-refractivity contribution is 0.0687. The van der Waals surface area contributed by atoms with Crippen molar-refractivity contribution < 1.29 is 28.8 Å². The quantitative estimate of drug-likeness (QED) is 0.262. The summed E-state index contributed by atoms with van der Waals surface area (Å²) in [6, 6.07) is 15.1. The van der Waals surface area contributed by atoms with Crippen LogP contribution in [0, 0.1) is 0 Å². The topological polar surface area (TPSA) is 105 Å². The molecule has 198 valence electrons. The van der Waals surface area contributed by atoms with Gasteiger partial charge in [-0.3, -0.25) is 0 Å². The van der Waals surface area contributed by atoms with Crippen LogP contribution in [0.2, 0.25) is 0 Å². The minimum absolute atomic E-state index is 0.117. The van der Waals surface area contributed by atoms with Crippen molar-refractivity contribution in [3.63, 3.8) is 0 Å². The van der Waals surface area contributed by atoms with Crippen molar-refractivity contribution in [3.8, 4) is 34.1 Å². The summed E-state index contributed by atoms with van der Waals surface area (Å²) in [6.45, 7) is 0.460. The number of ether oxygens (including phenoxy) is 4. The van der Waals surface area contributed by atoms with Crippen molar-refractivity contribution in [2.24, 2.45) is 0 Å². The molecule has 0 unspecified atom stereocenters. The summed E-state index contributed by atoms with van der Waals surface area (Å²) in [4.78, 5) is 12.9. The highest BCUT2D eigenvalue weighted by atomic mass is 32.1. The summed E-state index contributed by atoms with van der Waals surface area (Å²) in [5.74, 6) is 1.37. The van der Waals surface area contributed by atoms with Gasteiger partial charge >= 0.3 is 5.97 Å². The van der Waals surface area contributed by atoms with Gasteiger partial charge in [0.15, 0.2) is 23.0 Å². The Labute approximate surface area is 227 Å². The van der Waals surface area contributed by atoms with Crippen molar-refractivity contribution in [1.82, 2.24) is 13.3 Å². The van der Waals surface area contributed by atoms with Gasteiger partial charge in [-0.05, 0) is 67.1 Å². The first kappa shape index (κ1) is 23.8. The molecule has 1 N–H and O–H groups in total. The molecule has 1 fully saturated rings. The molecule has 0 bridgehead atoms. The molecule has 5 aromatic rings. The standard InChI is InChI=1S/C29H25N3O6S/c1-35-24-12-19-22(13-26(24)38-18-4-2-3-5-18)32(14-16-6-8-20-21(10-16)31-39-30-20)28(29(33)34)27(19)17-7-9-23-25(11-17)37-15-36-23/h6-13,18H,2-5,14-15H2,1H3,(H,33,34). The van der Waals surface area contributed by atoms with Gasteiger partial charge in [0, 0.05) is 23.6 Å². The molecule has 0 atom stereocenters. The van der Waals surface area contributed by atoms with E-state index in [-0.39, 0.29) is 18.6 Å². The predicted octanol–water partition coefficient (Wildman–Crippen LogP) is 6.12. The largest absolute Gasteiger partial charge is 0.493 e. The molecule has 9 nitrogen and oxygen atoms in total. The first-order chi connectivity index (χ1) is 19.1. The third kappa shape index (κ3) is 4.11. The molecule has 0 spiro atoms. The molecule has 10 heteroatoms. The SMILES string of the molecule is COc1cc2c(-c3ccc4c(c3)OCO4)c(C(=O)O)n(Cc3ccc4nsnc4c3)c2cc1OC1CCCC1. The number of methoxy groups -OCH3 is 1. The number of carboxylic acids is 1. The molecule has 1 saturated carbocycles. The van der Waals surface area contributed by atoms with Gasteiger partial charge in [-0.2, -0.15) is 8.75 Å². The van der Waals surface area contributed by atoms with Crippen LogP contribution in [-0.2, 0) is 6.54 Å². The van der Waals surface area contributed by atoms with E-state index in [1.54, 1.807) is 7.11 Å². The molecule has 39 heavy (non-hydrogen) atoms. The summed E-state index contributed by atoms with van der Waals surface area (Å²) in [7, 11) is 1.61. The average molecular weight is 544 g/mol. The maximum absolute atomic E-state index is 12.9. The van der Waals surface area contributed by atoms with E-state index < -0.39 is 5.97 Å². The molecule has 7 rings (SSSR count). The second-order valence-corrected chi connectivity index (χ2v) is 10.3. The summed E-state index contributed by atoms with van der Waals surface area (Å²) >= 11 is 1.16. The van der Waals surface area contributed by atoms with Gasteiger partial charge in [0.2, 0.25) is 6.79 Å². The van der Waals surface area contributed by atoms with E-state index in [4.69, 9.17) is 18.9 Å². The average Bonchev–Trinajstić information content (AvgIpc) is 3.74. The van der Waals surface area contributed by atoms with Gasteiger partial charge in [0.1, 0.15) is 16.7 Å². The zero-order chi connectivity index (χ0) is 26.5. The Morgan fingerprint density at radius 3 is 2.67 bits per heavy atom. The number of aromatic carboxylic acids is 1. The molecule has 1 aliphatic heterocycles. The Hall–Kier alpha value is -4.31. The van der Waals surface area contributed by atoms with E-state index in [1.165, 1.54) is 0 Å². The predicted molar refractivity (Wildman–Crippen MR) is 146 cm³/mol. The zero-order valence-corrected chi connectivity index (χ0v) is 22.0. The van der Waals surface area contributed by atoms with Crippen LogP contribution in [0.3, 0.4) is 0 Å². The number of fused-ring (bicyclic) bond motifs is 3. The monoisotopic (exact) mass is 543 g/mol. The number of rotatable bonds is 7. The first-order valence-corrected chi connectivity index (χ1v) is 13.6. The molecule has 2 aliphatic rings. The van der Waals surface area contributed by atoms with E-state index in [1.807, 2.05) is 53.1 Å². The minimum atomic E-state index is -1.03. The zero-order valence-electron chi connectivity index (χ0n) is 21.2. The molecule has 0 radical (unpaired) electrons. The third-order valence-corrected chi connectivity index (χ3v) is 8.02. The van der Waals surface area contributed by atoms with Gasteiger partial charge < -0.3 is 28.6 Å². The molecule has 0 amide bonds. The van der Waals surface area contributed by atoms with E-state index in [0.29, 0.717) is 40.7 Å². The Morgan fingerprint density at radius 2 is 1.85 bits per heavy atom. The molecule has 1 aliphatic carbocycles. The lowest BCUT2D eigenvalue weighted by atomic mass is 10.0. The number of hydrogen-bond donors (Lipinski definition) is 1. The van der Waals surface area contributed by atoms with Crippen LogP contribution in [-0.4, -0.2) is 44.4 Å². The number of nitrogens with zero attached hydrogens (tertiary/aromatic N) is 3. The summed E-state index contributed by atoms with van der Waals surface area (Å²) in [5.41, 5.74) is 4.72. The highest BCUT2D eigenvalue weighted by Crippen LogP contribution is 2.45. The second-order valence-electron chi connectivity index (χ2n) is 9.81. The van der Waals surface area contributed by atoms with Gasteiger partial charge in [-0.15, -0.1) is 0 Å². The molecule has 3 heterocycles. The minimum Gasteiger partial charge on any atom is -0.493 e. The second kappa shape index (κ2) is 9.46. The number of hydrogen-bond acceptors (Lipinski definition) is 8. The summed E-state index contributed by atoms with van der Waals surface area (Å²) in [6.07, 6.45) is 4.37. The van der Waals surface area contributed by atoms with Crippen LogP contribution in [0.15, 0.2) is 48.5 Å². The first-order valence-electron chi connectivity index (χ1n) is 12.8. The van der Waals surface area contributed by atoms with Crippen molar-refractivity contribution in [2.75, 3.05) is 13.9 Å². The van der Waals surface area contributed by atoms with E-state index in [2.05, 4.69) is 8.75 Å². The maximum Gasteiger partial charge on any atom is 0.353 e. The fourth-order valence-electron chi connectivity index (χ4n) is 5.63. The van der Waals surface area contributed by atoms with Crippen molar-refractivity contribution in [1.29, 1.82) is 0 Å². The van der Waals surface area contributed by atoms with Gasteiger partial charge in [-0.25, -0.2) is 4.79 Å². The van der Waals surface area contributed by atoms with Gasteiger partial charge in [-0.1, -0.05) is 12.1 Å². The fourth-order valence-corrected chi connectivity index (χ4v) is 6.15. The molecular weight excluding hydrogens is 518 g/mol. The van der Waals surface area contributed by atoms with Crippen LogP contribution in [0.25, 0.3) is 33.1 Å². The Kier molecular flexibility index (Phi) is 5.77. The number of carboxylic acid groups (broad SMARTS) is 1. The Morgan fingerprint density at radius 1 is 1.03 bits per heavy atom. The summed E-state index contributed by atoms with van der Waals surface area (Å²) in [5, 5.41) is 11.3.